The quantitative estimate of drug-likeness (QED) is 0.0117. The second kappa shape index (κ2) is 42.7. The first-order valence-electron chi connectivity index (χ1n) is 45.4. The van der Waals surface area contributed by atoms with Gasteiger partial charge in [-0.1, -0.05) is 143 Å². The molecule has 12 aromatic rings. The molecular weight excluding hydrogens is 1780 g/mol. The number of aromatic hydroxyl groups is 1. The van der Waals surface area contributed by atoms with E-state index in [9.17, 15) is 30.7 Å². The molecule has 704 valence electrons. The summed E-state index contributed by atoms with van der Waals surface area (Å²) in [6.45, 7) is 47.7. The number of hydrogen-bond donors (Lipinski definition) is 6. The van der Waals surface area contributed by atoms with Crippen LogP contribution in [0.25, 0.3) is 101 Å². The first kappa shape index (κ1) is 100. The average molecular weight is 1910 g/mol. The van der Waals surface area contributed by atoms with Crippen LogP contribution in [0.5, 0.6) is 11.5 Å². The predicted molar refractivity (Wildman–Crippen MR) is 528 cm³/mol. The minimum Gasteiger partial charge on any atom is -0.505 e. The zero-order valence-electron chi connectivity index (χ0n) is 79.3. The number of aryl methyl sites for hydroxylation is 4. The Bertz CT molecular complexity index is 6150. The third-order valence-corrected chi connectivity index (χ3v) is 35.3. The molecule has 2 saturated carbocycles. The lowest BCUT2D eigenvalue weighted by atomic mass is 9.95. The van der Waals surface area contributed by atoms with Gasteiger partial charge in [0.05, 0.1) is 63.4 Å². The molecule has 2 aliphatic rings. The maximum absolute atomic E-state index is 15.6. The molecule has 130 heavy (non-hydrogen) atoms. The molecule has 0 atom stereocenters. The molecule has 0 spiro atoms. The summed E-state index contributed by atoms with van der Waals surface area (Å²) in [6, 6.07) is 32.8. The van der Waals surface area contributed by atoms with Gasteiger partial charge in [-0.05, 0) is 204 Å². The molecule has 7 N–H and O–H groups in total. The van der Waals surface area contributed by atoms with Gasteiger partial charge in [-0.25, -0.2) is 63.8 Å². The summed E-state index contributed by atoms with van der Waals surface area (Å²) in [5, 5.41) is 29.2. The molecule has 0 saturated heterocycles. The van der Waals surface area contributed by atoms with Crippen LogP contribution < -0.4 is 19.9 Å². The number of halogens is 3. The molecule has 2 aliphatic carbocycles. The van der Waals surface area contributed by atoms with Crippen molar-refractivity contribution in [2.45, 2.75) is 258 Å². The smallest absolute Gasteiger partial charge is 0.214 e. The van der Waals surface area contributed by atoms with E-state index >= 15 is 4.39 Å². The van der Waals surface area contributed by atoms with Gasteiger partial charge >= 0.3 is 0 Å². The molecule has 2 fully saturated rings. The monoisotopic (exact) mass is 1910 g/mol. The molecule has 0 radical (unpaired) electrons. The fourth-order valence-corrected chi connectivity index (χ4v) is 21.1. The number of nitrogens with zero attached hydrogens (tertiary/aromatic N) is 10. The highest BCUT2D eigenvalue weighted by molar-refractivity contribution is 7.90. The number of benzene rings is 6. The molecule has 36 heteroatoms. The Hall–Kier alpha value is -8.59. The van der Waals surface area contributed by atoms with Crippen molar-refractivity contribution in [1.82, 2.24) is 68.3 Å². The van der Waals surface area contributed by atoms with Crippen LogP contribution in [0.4, 0.5) is 13.2 Å². The van der Waals surface area contributed by atoms with Gasteiger partial charge in [-0.2, -0.15) is 15.3 Å². The van der Waals surface area contributed by atoms with E-state index in [2.05, 4.69) is 153 Å². The fraction of sp³-hybridized carbons (Fsp3) is 0.489. The van der Waals surface area contributed by atoms with Gasteiger partial charge in [-0.15, -0.1) is 0 Å². The lowest BCUT2D eigenvalue weighted by Crippen LogP contribution is -2.26. The number of hydrogen-bond acceptors (Lipinski definition) is 18. The van der Waals surface area contributed by atoms with Crippen molar-refractivity contribution in [2.75, 3.05) is 39.8 Å². The number of aromatic nitrogens is 12. The van der Waals surface area contributed by atoms with Gasteiger partial charge in [-0.3, -0.25) is 5.10 Å². The number of rotatable bonds is 44. The first-order chi connectivity index (χ1) is 61.4. The van der Waals surface area contributed by atoms with E-state index < -0.39 is 72.1 Å². The zero-order chi connectivity index (χ0) is 94.0. The number of phenols is 1. The van der Waals surface area contributed by atoms with E-state index in [-0.39, 0.29) is 61.2 Å². The van der Waals surface area contributed by atoms with E-state index in [0.29, 0.717) is 137 Å². The Balaban J connectivity index is 0.000000183. The van der Waals surface area contributed by atoms with Crippen LogP contribution in [0.1, 0.15) is 85.8 Å². The van der Waals surface area contributed by atoms with E-state index in [1.54, 1.807) is 24.4 Å². The van der Waals surface area contributed by atoms with E-state index in [1.165, 1.54) is 12.1 Å². The largest absolute Gasteiger partial charge is 0.505 e. The number of imidazole rings is 3. The summed E-state index contributed by atoms with van der Waals surface area (Å²) in [5.74, 6) is 0.328. The second-order valence-electron chi connectivity index (χ2n) is 40.2. The molecule has 0 amide bonds. The first-order valence-corrected chi connectivity index (χ1v) is 67.0. The highest BCUT2D eigenvalue weighted by Gasteiger charge is 2.37. The minimum absolute atomic E-state index is 0.00273. The molecule has 14 rings (SSSR count). The van der Waals surface area contributed by atoms with Crippen LogP contribution in [0.2, 0.25) is 128 Å². The number of aromatic amines is 2. The molecule has 0 bridgehead atoms. The van der Waals surface area contributed by atoms with E-state index in [1.807, 2.05) is 94.1 Å². The Labute approximate surface area is 769 Å². The number of nitrogens with two attached hydrogens (primary N) is 1. The number of ether oxygens (including phenoxy) is 6. The number of phenolic OH excluding ortho intramolecular Hbond substituents is 1. The maximum atomic E-state index is 15.6. The van der Waals surface area contributed by atoms with Gasteiger partial charge in [0.25, 0.3) is 0 Å². The third-order valence-electron chi connectivity index (χ3n) is 23.0. The zero-order valence-corrected chi connectivity index (χ0v) is 85.9. The Morgan fingerprint density at radius 3 is 1.40 bits per heavy atom. The predicted octanol–water partition coefficient (Wildman–Crippen LogP) is 20.4. The molecule has 0 aliphatic heterocycles. The molecule has 0 unspecified atom stereocenters. The number of H-pyrrole nitrogens is 2. The summed E-state index contributed by atoms with van der Waals surface area (Å²) in [4.78, 5) is 17.3. The van der Waals surface area contributed by atoms with Crippen molar-refractivity contribution < 1.29 is 63.5 Å². The molecule has 6 aromatic heterocycles. The fourth-order valence-electron chi connectivity index (χ4n) is 14.6. The summed E-state index contributed by atoms with van der Waals surface area (Å²) < 4.78 is 143. The summed E-state index contributed by atoms with van der Waals surface area (Å²) >= 11 is 0. The number of nitrogens with one attached hydrogen (secondary N) is 4. The highest BCUT2D eigenvalue weighted by atomic mass is 32.2. The molecule has 6 heterocycles. The molecule has 6 aromatic carbocycles. The SMILES string of the molecule is CCc1cc(C)c(F)cc1-c1ccc2c(-c3nc(CN)cn3COCC[Si](C)(C)C)nn(COCC[Si](C)(C)C)c2c1.CCc1cc(O)c(F)cc1-c1ccc2c(-c3ncc(CNS(=O)(=O)C4CC4)[nH]3)n[nH]c2c1.CCc1cc(OCOCC[Si](C)(C)C)c(F)cc1-c1ccc2c(-c3nc(CNS(=O)(=O)C4CC4)cn3COCC[Si](C)(C)C)nn(COCC[Si](C)(C)C)c2c1. The second-order valence-corrected chi connectivity index (χ2v) is 72.4. The van der Waals surface area contributed by atoms with Crippen molar-refractivity contribution in [1.29, 1.82) is 0 Å². The van der Waals surface area contributed by atoms with E-state index in [4.69, 9.17) is 54.3 Å². The molecular formula is C94H134F3N15O11S2Si5. The van der Waals surface area contributed by atoms with Gasteiger partial charge < -0.3 is 53.4 Å². The Kier molecular flexibility index (Phi) is 33.0. The van der Waals surface area contributed by atoms with Gasteiger partial charge in [0.15, 0.2) is 47.4 Å². The lowest BCUT2D eigenvalue weighted by Gasteiger charge is -2.16. The van der Waals surface area contributed by atoms with Crippen molar-refractivity contribution in [3.8, 4) is 79.4 Å². The summed E-state index contributed by atoms with van der Waals surface area (Å²) in [6.07, 6.45) is 10.3. The number of sulfonamides is 2. The van der Waals surface area contributed by atoms with Crippen LogP contribution >= 0.6 is 0 Å². The molecule has 26 nitrogen and oxygen atoms in total. The van der Waals surface area contributed by atoms with Crippen molar-refractivity contribution >= 4 is 93.1 Å². The maximum Gasteiger partial charge on any atom is 0.214 e. The van der Waals surface area contributed by atoms with Crippen molar-refractivity contribution in [3.05, 3.63) is 166 Å². The van der Waals surface area contributed by atoms with Crippen LogP contribution in [0.3, 0.4) is 0 Å². The Morgan fingerprint density at radius 1 is 0.500 bits per heavy atom. The highest BCUT2D eigenvalue weighted by Crippen LogP contribution is 2.40. The van der Waals surface area contributed by atoms with Crippen molar-refractivity contribution in [2.24, 2.45) is 5.73 Å². The van der Waals surface area contributed by atoms with Crippen LogP contribution in [0.15, 0.2) is 110 Å². The van der Waals surface area contributed by atoms with Gasteiger partial charge in [0.2, 0.25) is 20.0 Å². The standard InChI is InChI=1S/C40H64FN5O6SSi3.C32H48FN5O2Si2.C22H22FN5O3S/c1-11-30-23-38(52-29-51-18-21-56(8,9)10)36(41)24-35(30)31-12-15-34-37(22-31)46(28-50-17-20-55(5,6)7)44-39(34)40-43-32(25-42-53(47,48)33-13-14-33)26-45(40)27-49-16-19-54(2,3)4;1-9-24-16-23(2)29(33)18-28(24)25-10-11-27-30(17-25)38(22-40-13-15-42(6,7)8)36-31(27)32-35-26(19-34)20-37(32)21-39-12-14-41(3,4)5;1-2-12-8-20(29)18(23)9-17(12)13-3-6-16-19(7-13)27-28-21(16)22-24-10-14(26-22)11-25-32(30,31)15-4-5-15/h12,15,22-24,26,33,42H,11,13-14,16-21,25,27-29H2,1-10H3;10-11,16-18,20H,9,12-15,19,21-22,34H2,1-8H3;3,6-10,15,25,29H,2,4-5,11H2,1H3,(H,24,26)(H,27,28). The summed E-state index contributed by atoms with van der Waals surface area (Å²) in [7, 11) is -13.0. The van der Waals surface area contributed by atoms with Crippen LogP contribution in [-0.4, -0.2) is 171 Å². The Morgan fingerprint density at radius 2 is 0.923 bits per heavy atom. The average Bonchev–Trinajstić information content (AvgIpc) is 1.59. The summed E-state index contributed by atoms with van der Waals surface area (Å²) in [5.41, 5.74) is 21.0. The van der Waals surface area contributed by atoms with Gasteiger partial charge in [0, 0.05) is 109 Å². The van der Waals surface area contributed by atoms with Crippen molar-refractivity contribution in [3.63, 3.8) is 0 Å². The number of fused-ring (bicyclic) bond motifs is 3. The topological polar surface area (TPSA) is 323 Å². The lowest BCUT2D eigenvalue weighted by molar-refractivity contribution is 0.0197. The van der Waals surface area contributed by atoms with Crippen LogP contribution in [0, 0.1) is 24.4 Å². The normalized spacial score (nSPS) is 13.7. The minimum atomic E-state index is -3.40. The van der Waals surface area contributed by atoms with Gasteiger partial charge in [0.1, 0.15) is 49.8 Å². The third kappa shape index (κ3) is 27.4. The van der Waals surface area contributed by atoms with E-state index in [0.717, 1.165) is 131 Å². The van der Waals surface area contributed by atoms with Crippen LogP contribution in [-0.2, 0) is 110 Å².